The molecule has 2 N–H and O–H groups in total. The van der Waals surface area contributed by atoms with Crippen LogP contribution < -0.4 is 5.32 Å². The van der Waals surface area contributed by atoms with Gasteiger partial charge in [-0.25, -0.2) is 4.98 Å². The van der Waals surface area contributed by atoms with Gasteiger partial charge in [0, 0.05) is 25.4 Å². The Hall–Kier alpha value is -2.24. The van der Waals surface area contributed by atoms with Crippen LogP contribution in [0.1, 0.15) is 35.4 Å². The molecule has 100 valence electrons. The highest BCUT2D eigenvalue weighted by Crippen LogP contribution is 1.98. The Kier molecular flexibility index (Phi) is 4.60. The number of hydrogen-bond donors (Lipinski definition) is 2. The number of carbonyl (C=O) groups excluding carboxylic acids is 1. The highest BCUT2D eigenvalue weighted by Gasteiger charge is 2.11. The maximum absolute atomic E-state index is 11.8. The van der Waals surface area contributed by atoms with Crippen LogP contribution >= 0.6 is 0 Å². The van der Waals surface area contributed by atoms with Gasteiger partial charge in [-0.3, -0.25) is 14.9 Å². The van der Waals surface area contributed by atoms with Gasteiger partial charge in [0.25, 0.3) is 5.91 Å². The molecular formula is C13H17N5O. The van der Waals surface area contributed by atoms with Crippen LogP contribution in [0.2, 0.25) is 0 Å². The first-order valence-electron chi connectivity index (χ1n) is 6.38. The molecule has 0 saturated heterocycles. The summed E-state index contributed by atoms with van der Waals surface area (Å²) in [6.45, 7) is 2.61. The summed E-state index contributed by atoms with van der Waals surface area (Å²) in [4.78, 5) is 19.9. The van der Waals surface area contributed by atoms with Crippen LogP contribution in [0.3, 0.4) is 0 Å². The lowest BCUT2D eigenvalue weighted by Crippen LogP contribution is -2.26. The summed E-state index contributed by atoms with van der Waals surface area (Å²) in [6.07, 6.45) is 6.02. The molecule has 0 spiro atoms. The van der Waals surface area contributed by atoms with Crippen molar-refractivity contribution in [3.05, 3.63) is 41.7 Å². The first-order chi connectivity index (χ1) is 9.29. The fourth-order valence-electron chi connectivity index (χ4n) is 1.69. The minimum absolute atomic E-state index is 0.207. The van der Waals surface area contributed by atoms with Crippen molar-refractivity contribution in [3.63, 3.8) is 0 Å². The quantitative estimate of drug-likeness (QED) is 0.814. The molecule has 0 bridgehead atoms. The molecule has 0 saturated carbocycles. The summed E-state index contributed by atoms with van der Waals surface area (Å²) in [5, 5.41) is 9.47. The summed E-state index contributed by atoms with van der Waals surface area (Å²) in [5.74, 6) is 0.715. The Labute approximate surface area is 111 Å². The van der Waals surface area contributed by atoms with Crippen molar-refractivity contribution in [2.75, 3.05) is 6.54 Å². The van der Waals surface area contributed by atoms with E-state index >= 15 is 0 Å². The number of aromatic nitrogens is 4. The maximum Gasteiger partial charge on any atom is 0.290 e. The third-order valence-electron chi connectivity index (χ3n) is 2.67. The second-order valence-corrected chi connectivity index (χ2v) is 4.22. The molecule has 2 aromatic rings. The number of carbonyl (C=O) groups is 1. The minimum Gasteiger partial charge on any atom is -0.349 e. The zero-order valence-electron chi connectivity index (χ0n) is 10.9. The van der Waals surface area contributed by atoms with Crippen LogP contribution in [-0.4, -0.2) is 32.6 Å². The van der Waals surface area contributed by atoms with Gasteiger partial charge in [0.15, 0.2) is 0 Å². The molecule has 2 aromatic heterocycles. The van der Waals surface area contributed by atoms with Gasteiger partial charge in [-0.2, -0.15) is 0 Å². The Bertz CT molecular complexity index is 523. The van der Waals surface area contributed by atoms with Gasteiger partial charge >= 0.3 is 0 Å². The molecule has 0 unspecified atom stereocenters. The van der Waals surface area contributed by atoms with Crippen molar-refractivity contribution in [1.29, 1.82) is 0 Å². The van der Waals surface area contributed by atoms with E-state index in [1.807, 2.05) is 12.1 Å². The number of aromatic amines is 1. The average molecular weight is 259 g/mol. The van der Waals surface area contributed by atoms with E-state index in [0.29, 0.717) is 6.54 Å². The Morgan fingerprint density at radius 2 is 2.11 bits per heavy atom. The molecule has 0 aromatic carbocycles. The van der Waals surface area contributed by atoms with Gasteiger partial charge in [0.2, 0.25) is 5.82 Å². The fourth-order valence-corrected chi connectivity index (χ4v) is 1.69. The Morgan fingerprint density at radius 3 is 2.84 bits per heavy atom. The molecular weight excluding hydrogens is 242 g/mol. The van der Waals surface area contributed by atoms with Crippen LogP contribution in [0.25, 0.3) is 0 Å². The highest BCUT2D eigenvalue weighted by molar-refractivity contribution is 5.90. The van der Waals surface area contributed by atoms with Gasteiger partial charge in [0.05, 0.1) is 0 Å². The van der Waals surface area contributed by atoms with Gasteiger partial charge in [-0.15, -0.1) is 5.10 Å². The Balaban J connectivity index is 1.80. The number of aryl methyl sites for hydroxylation is 1. The van der Waals surface area contributed by atoms with Crippen molar-refractivity contribution < 1.29 is 4.79 Å². The smallest absolute Gasteiger partial charge is 0.290 e. The van der Waals surface area contributed by atoms with E-state index in [1.165, 1.54) is 0 Å². The van der Waals surface area contributed by atoms with E-state index in [1.54, 1.807) is 12.4 Å². The predicted octanol–water partition coefficient (Wildman–Crippen LogP) is 1.12. The van der Waals surface area contributed by atoms with E-state index in [0.717, 1.165) is 30.7 Å². The zero-order chi connectivity index (χ0) is 13.5. The molecule has 0 radical (unpaired) electrons. The van der Waals surface area contributed by atoms with Gasteiger partial charge in [-0.05, 0) is 30.5 Å². The van der Waals surface area contributed by atoms with Crippen LogP contribution in [0.5, 0.6) is 0 Å². The van der Waals surface area contributed by atoms with Crippen LogP contribution in [-0.2, 0) is 12.8 Å². The van der Waals surface area contributed by atoms with E-state index in [9.17, 15) is 4.79 Å². The van der Waals surface area contributed by atoms with Crippen LogP contribution in [0, 0.1) is 0 Å². The number of nitrogens with zero attached hydrogens (tertiary/aromatic N) is 3. The SMILES string of the molecule is CCCc1nc(C(=O)NCCc2ccncc2)n[nH]1. The number of nitrogens with one attached hydrogen (secondary N) is 2. The number of rotatable bonds is 6. The normalized spacial score (nSPS) is 10.4. The maximum atomic E-state index is 11.8. The molecule has 0 aliphatic heterocycles. The highest BCUT2D eigenvalue weighted by atomic mass is 16.2. The van der Waals surface area contributed by atoms with Crippen molar-refractivity contribution in [2.45, 2.75) is 26.2 Å². The minimum atomic E-state index is -0.243. The van der Waals surface area contributed by atoms with Gasteiger partial charge < -0.3 is 5.32 Å². The predicted molar refractivity (Wildman–Crippen MR) is 70.7 cm³/mol. The summed E-state index contributed by atoms with van der Waals surface area (Å²) >= 11 is 0. The molecule has 0 atom stereocenters. The molecule has 19 heavy (non-hydrogen) atoms. The number of H-pyrrole nitrogens is 1. The number of amides is 1. The largest absolute Gasteiger partial charge is 0.349 e. The lowest BCUT2D eigenvalue weighted by Gasteiger charge is -2.02. The number of pyridine rings is 1. The third-order valence-corrected chi connectivity index (χ3v) is 2.67. The average Bonchev–Trinajstić information content (AvgIpc) is 2.89. The molecule has 0 aliphatic rings. The number of hydrogen-bond acceptors (Lipinski definition) is 4. The molecule has 0 fully saturated rings. The van der Waals surface area contributed by atoms with Crippen molar-refractivity contribution in [1.82, 2.24) is 25.5 Å². The van der Waals surface area contributed by atoms with Crippen molar-refractivity contribution >= 4 is 5.91 Å². The fraction of sp³-hybridized carbons (Fsp3) is 0.385. The monoisotopic (exact) mass is 259 g/mol. The van der Waals surface area contributed by atoms with E-state index in [-0.39, 0.29) is 11.7 Å². The van der Waals surface area contributed by atoms with E-state index in [2.05, 4.69) is 32.4 Å². The molecule has 2 heterocycles. The molecule has 6 nitrogen and oxygen atoms in total. The molecule has 1 amide bonds. The molecule has 6 heteroatoms. The molecule has 0 aliphatic carbocycles. The summed E-state index contributed by atoms with van der Waals surface area (Å²) < 4.78 is 0. The van der Waals surface area contributed by atoms with Crippen molar-refractivity contribution in [3.8, 4) is 0 Å². The van der Waals surface area contributed by atoms with Crippen molar-refractivity contribution in [2.24, 2.45) is 0 Å². The van der Waals surface area contributed by atoms with E-state index < -0.39 is 0 Å². The molecule has 2 rings (SSSR count). The zero-order valence-corrected chi connectivity index (χ0v) is 10.9. The summed E-state index contributed by atoms with van der Waals surface area (Å²) in [5.41, 5.74) is 1.14. The first kappa shape index (κ1) is 13.2. The Morgan fingerprint density at radius 1 is 1.32 bits per heavy atom. The summed E-state index contributed by atoms with van der Waals surface area (Å²) in [7, 11) is 0. The van der Waals surface area contributed by atoms with Gasteiger partial charge in [0.1, 0.15) is 5.82 Å². The standard InChI is InChI=1S/C13H17N5O/c1-2-3-11-16-12(18-17-11)13(19)15-9-6-10-4-7-14-8-5-10/h4-5,7-8H,2-3,6,9H2,1H3,(H,15,19)(H,16,17,18). The van der Waals surface area contributed by atoms with Crippen LogP contribution in [0.4, 0.5) is 0 Å². The lowest BCUT2D eigenvalue weighted by atomic mass is 10.2. The second kappa shape index (κ2) is 6.63. The summed E-state index contributed by atoms with van der Waals surface area (Å²) in [6, 6.07) is 3.86. The van der Waals surface area contributed by atoms with E-state index in [4.69, 9.17) is 0 Å². The third kappa shape index (κ3) is 3.87. The second-order valence-electron chi connectivity index (χ2n) is 4.22. The first-order valence-corrected chi connectivity index (χ1v) is 6.38. The van der Waals surface area contributed by atoms with Gasteiger partial charge in [-0.1, -0.05) is 6.92 Å². The topological polar surface area (TPSA) is 83.6 Å². The lowest BCUT2D eigenvalue weighted by molar-refractivity contribution is 0.0944. The van der Waals surface area contributed by atoms with Crippen LogP contribution in [0.15, 0.2) is 24.5 Å².